The second-order valence-corrected chi connectivity index (χ2v) is 4.02. The highest BCUT2D eigenvalue weighted by molar-refractivity contribution is 5.73. The molecule has 0 aliphatic heterocycles. The molecule has 3 N–H and O–H groups in total. The van der Waals surface area contributed by atoms with E-state index < -0.39 is 23.9 Å². The van der Waals surface area contributed by atoms with Crippen LogP contribution in [0.1, 0.15) is 17.2 Å². The number of aliphatic hydroxyl groups is 1. The molecule has 7 heteroatoms. The van der Waals surface area contributed by atoms with Crippen molar-refractivity contribution in [1.82, 2.24) is 10.6 Å². The Morgan fingerprint density at radius 2 is 2.10 bits per heavy atom. The number of carbonyl (C=O) groups excluding carboxylic acids is 1. The lowest BCUT2D eigenvalue weighted by atomic mass is 10.1. The van der Waals surface area contributed by atoms with Gasteiger partial charge in [0, 0.05) is 13.1 Å². The van der Waals surface area contributed by atoms with E-state index in [2.05, 4.69) is 17.2 Å². The summed E-state index contributed by atoms with van der Waals surface area (Å²) in [6.07, 6.45) is -4.21. The molecule has 0 aliphatic rings. The highest BCUT2D eigenvalue weighted by atomic mass is 19.4. The molecule has 4 nitrogen and oxygen atoms in total. The summed E-state index contributed by atoms with van der Waals surface area (Å²) in [6, 6.07) is 3.81. The maximum absolute atomic E-state index is 12.5. The van der Waals surface area contributed by atoms with Crippen LogP contribution in [-0.4, -0.2) is 24.2 Å². The van der Waals surface area contributed by atoms with Gasteiger partial charge in [0.25, 0.3) is 0 Å². The standard InChI is InChI=1S/C13H15F3N2O2/c1-2-6-17-12(20)18-8-11(19)9-4-3-5-10(7-9)13(14,15)16/h2-5,7,11,19H,1,6,8H2,(H2,17,18,20). The van der Waals surface area contributed by atoms with E-state index in [0.29, 0.717) is 0 Å². The Morgan fingerprint density at radius 3 is 2.70 bits per heavy atom. The van der Waals surface area contributed by atoms with E-state index in [1.807, 2.05) is 0 Å². The normalized spacial score (nSPS) is 12.6. The molecule has 110 valence electrons. The van der Waals surface area contributed by atoms with Crippen LogP contribution >= 0.6 is 0 Å². The van der Waals surface area contributed by atoms with Crippen molar-refractivity contribution in [1.29, 1.82) is 0 Å². The number of alkyl halides is 3. The molecule has 0 bridgehead atoms. The number of rotatable bonds is 5. The Bertz CT molecular complexity index is 475. The Balaban J connectivity index is 2.61. The maximum Gasteiger partial charge on any atom is 0.416 e. The van der Waals surface area contributed by atoms with Gasteiger partial charge in [-0.2, -0.15) is 13.2 Å². The second kappa shape index (κ2) is 6.95. The first kappa shape index (κ1) is 16.0. The minimum Gasteiger partial charge on any atom is -0.387 e. The second-order valence-electron chi connectivity index (χ2n) is 4.02. The molecular weight excluding hydrogens is 273 g/mol. The van der Waals surface area contributed by atoms with Gasteiger partial charge in [-0.1, -0.05) is 18.2 Å². The average molecular weight is 288 g/mol. The van der Waals surface area contributed by atoms with Gasteiger partial charge in [-0.15, -0.1) is 6.58 Å². The van der Waals surface area contributed by atoms with Crippen molar-refractivity contribution in [3.8, 4) is 0 Å². The summed E-state index contributed by atoms with van der Waals surface area (Å²) in [5.74, 6) is 0. The fourth-order valence-electron chi connectivity index (χ4n) is 1.46. The molecule has 0 aromatic heterocycles. The Hall–Kier alpha value is -2.02. The topological polar surface area (TPSA) is 61.4 Å². The molecule has 1 atom stereocenters. The Kier molecular flexibility index (Phi) is 5.57. The van der Waals surface area contributed by atoms with Crippen LogP contribution < -0.4 is 10.6 Å². The molecule has 0 aliphatic carbocycles. The fraction of sp³-hybridized carbons (Fsp3) is 0.308. The number of benzene rings is 1. The lowest BCUT2D eigenvalue weighted by Crippen LogP contribution is -2.37. The Labute approximate surface area is 114 Å². The van der Waals surface area contributed by atoms with Gasteiger partial charge in [0.05, 0.1) is 11.7 Å². The summed E-state index contributed by atoms with van der Waals surface area (Å²) < 4.78 is 37.5. The van der Waals surface area contributed by atoms with Gasteiger partial charge in [0.1, 0.15) is 0 Å². The quantitative estimate of drug-likeness (QED) is 0.728. The number of urea groups is 1. The van der Waals surface area contributed by atoms with E-state index in [1.165, 1.54) is 18.2 Å². The predicted molar refractivity (Wildman–Crippen MR) is 68.0 cm³/mol. The monoisotopic (exact) mass is 288 g/mol. The van der Waals surface area contributed by atoms with Crippen LogP contribution in [0.3, 0.4) is 0 Å². The molecule has 0 fully saturated rings. The first-order chi connectivity index (χ1) is 9.34. The first-order valence-corrected chi connectivity index (χ1v) is 5.82. The van der Waals surface area contributed by atoms with Crippen molar-refractivity contribution in [3.05, 3.63) is 48.0 Å². The highest BCUT2D eigenvalue weighted by Gasteiger charge is 2.30. The zero-order valence-electron chi connectivity index (χ0n) is 10.6. The number of carbonyl (C=O) groups is 1. The zero-order valence-corrected chi connectivity index (χ0v) is 10.6. The predicted octanol–water partition coefficient (Wildman–Crippen LogP) is 2.22. The molecule has 0 saturated carbocycles. The van der Waals surface area contributed by atoms with Crippen molar-refractivity contribution in [2.24, 2.45) is 0 Å². The smallest absolute Gasteiger partial charge is 0.387 e. The molecule has 0 heterocycles. The number of hydrogen-bond acceptors (Lipinski definition) is 2. The summed E-state index contributed by atoms with van der Waals surface area (Å²) in [5.41, 5.74) is -0.756. The van der Waals surface area contributed by atoms with Gasteiger partial charge < -0.3 is 15.7 Å². The van der Waals surface area contributed by atoms with E-state index in [1.54, 1.807) is 0 Å². The van der Waals surface area contributed by atoms with E-state index in [4.69, 9.17) is 0 Å². The van der Waals surface area contributed by atoms with Crippen LogP contribution in [0.25, 0.3) is 0 Å². The van der Waals surface area contributed by atoms with Crippen molar-refractivity contribution < 1.29 is 23.1 Å². The molecule has 1 aromatic rings. The molecule has 1 unspecified atom stereocenters. The van der Waals surface area contributed by atoms with Crippen LogP contribution in [0.2, 0.25) is 0 Å². The third-order valence-corrected chi connectivity index (χ3v) is 2.46. The molecule has 0 radical (unpaired) electrons. The van der Waals surface area contributed by atoms with Crippen LogP contribution in [0.4, 0.5) is 18.0 Å². The van der Waals surface area contributed by atoms with E-state index in [9.17, 15) is 23.1 Å². The highest BCUT2D eigenvalue weighted by Crippen LogP contribution is 2.30. The number of aliphatic hydroxyl groups excluding tert-OH is 1. The number of halogens is 3. The minimum atomic E-state index is -4.47. The summed E-state index contributed by atoms with van der Waals surface area (Å²) >= 11 is 0. The molecule has 1 aromatic carbocycles. The molecular formula is C13H15F3N2O2. The lowest BCUT2D eigenvalue weighted by molar-refractivity contribution is -0.137. The molecule has 1 rings (SSSR count). The summed E-state index contributed by atoms with van der Waals surface area (Å²) in [6.45, 7) is 3.47. The van der Waals surface area contributed by atoms with Crippen LogP contribution in [0.5, 0.6) is 0 Å². The summed E-state index contributed by atoms with van der Waals surface area (Å²) in [5, 5.41) is 14.5. The van der Waals surface area contributed by atoms with Crippen LogP contribution in [0.15, 0.2) is 36.9 Å². The summed E-state index contributed by atoms with van der Waals surface area (Å²) in [7, 11) is 0. The average Bonchev–Trinajstić information content (AvgIpc) is 2.41. The van der Waals surface area contributed by atoms with Gasteiger partial charge in [-0.25, -0.2) is 4.79 Å². The van der Waals surface area contributed by atoms with Gasteiger partial charge in [-0.3, -0.25) is 0 Å². The fourth-order valence-corrected chi connectivity index (χ4v) is 1.46. The third-order valence-electron chi connectivity index (χ3n) is 2.46. The van der Waals surface area contributed by atoms with Gasteiger partial charge in [0.15, 0.2) is 0 Å². The van der Waals surface area contributed by atoms with E-state index in [0.717, 1.165) is 12.1 Å². The maximum atomic E-state index is 12.5. The lowest BCUT2D eigenvalue weighted by Gasteiger charge is -2.14. The van der Waals surface area contributed by atoms with Crippen molar-refractivity contribution >= 4 is 6.03 Å². The number of hydrogen-bond donors (Lipinski definition) is 3. The van der Waals surface area contributed by atoms with Gasteiger partial charge in [0.2, 0.25) is 0 Å². The Morgan fingerprint density at radius 1 is 1.40 bits per heavy atom. The first-order valence-electron chi connectivity index (χ1n) is 5.82. The number of amides is 2. The zero-order chi connectivity index (χ0) is 15.2. The van der Waals surface area contributed by atoms with Gasteiger partial charge >= 0.3 is 12.2 Å². The van der Waals surface area contributed by atoms with Crippen molar-refractivity contribution in [2.75, 3.05) is 13.1 Å². The van der Waals surface area contributed by atoms with Crippen molar-refractivity contribution in [2.45, 2.75) is 12.3 Å². The van der Waals surface area contributed by atoms with Gasteiger partial charge in [-0.05, 0) is 17.7 Å². The number of nitrogens with one attached hydrogen (secondary N) is 2. The summed E-state index contributed by atoms with van der Waals surface area (Å²) in [4.78, 5) is 11.2. The molecule has 20 heavy (non-hydrogen) atoms. The van der Waals surface area contributed by atoms with Crippen LogP contribution in [0, 0.1) is 0 Å². The molecule has 0 spiro atoms. The van der Waals surface area contributed by atoms with E-state index >= 15 is 0 Å². The molecule has 2 amide bonds. The third kappa shape index (κ3) is 4.93. The SMILES string of the molecule is C=CCNC(=O)NCC(O)c1cccc(C(F)(F)F)c1. The van der Waals surface area contributed by atoms with E-state index in [-0.39, 0.29) is 18.7 Å². The van der Waals surface area contributed by atoms with Crippen molar-refractivity contribution in [3.63, 3.8) is 0 Å². The van der Waals surface area contributed by atoms with Crippen LogP contribution in [-0.2, 0) is 6.18 Å². The minimum absolute atomic E-state index is 0.0869. The molecule has 0 saturated heterocycles. The largest absolute Gasteiger partial charge is 0.416 e.